The second-order valence-electron chi connectivity index (χ2n) is 10.0. The summed E-state index contributed by atoms with van der Waals surface area (Å²) in [6, 6.07) is 20.1. The van der Waals surface area contributed by atoms with Gasteiger partial charge in [-0.15, -0.1) is 11.3 Å². The Bertz CT molecular complexity index is 1270. The number of para-hydroxylation sites is 1. The number of rotatable bonds is 8. The topological polar surface area (TPSA) is 95.9 Å². The first-order valence-electron chi connectivity index (χ1n) is 13.2. The summed E-state index contributed by atoms with van der Waals surface area (Å²) in [7, 11) is 0. The van der Waals surface area contributed by atoms with E-state index < -0.39 is 5.97 Å². The van der Waals surface area contributed by atoms with Crippen LogP contribution >= 0.6 is 11.3 Å². The molecule has 2 heterocycles. The largest absolute Gasteiger partial charge is 0.484 e. The van der Waals surface area contributed by atoms with Crippen LogP contribution in [-0.2, 0) is 9.59 Å². The molecule has 0 radical (unpaired) electrons. The number of nitrogens with one attached hydrogen (secondary N) is 1. The number of hydrogen-bond acceptors (Lipinski definition) is 5. The maximum absolute atomic E-state index is 13.7. The molecule has 2 atom stereocenters. The van der Waals surface area contributed by atoms with Crippen LogP contribution in [0.25, 0.3) is 10.4 Å². The fourth-order valence-corrected chi connectivity index (χ4v) is 6.71. The highest BCUT2D eigenvalue weighted by Gasteiger charge is 2.41. The minimum atomic E-state index is -1.03. The minimum absolute atomic E-state index is 0.121. The van der Waals surface area contributed by atoms with E-state index in [0.29, 0.717) is 17.9 Å². The number of piperidine rings is 1. The Morgan fingerprint density at radius 2 is 1.68 bits per heavy atom. The molecule has 8 heteroatoms. The zero-order valence-corrected chi connectivity index (χ0v) is 22.0. The molecule has 7 nitrogen and oxygen atoms in total. The summed E-state index contributed by atoms with van der Waals surface area (Å²) in [5, 5.41) is 13.1. The van der Waals surface area contributed by atoms with Gasteiger partial charge in [-0.3, -0.25) is 9.59 Å². The first-order chi connectivity index (χ1) is 18.5. The number of carbonyl (C=O) groups is 3. The Labute approximate surface area is 226 Å². The predicted molar refractivity (Wildman–Crippen MR) is 148 cm³/mol. The molecule has 2 N–H and O–H groups in total. The van der Waals surface area contributed by atoms with Gasteiger partial charge in [0, 0.05) is 23.4 Å². The van der Waals surface area contributed by atoms with Crippen LogP contribution in [0.3, 0.4) is 0 Å². The molecule has 1 saturated heterocycles. The number of carboxylic acids is 1. The maximum Gasteiger partial charge on any atom is 0.348 e. The highest BCUT2D eigenvalue weighted by Crippen LogP contribution is 2.43. The van der Waals surface area contributed by atoms with Gasteiger partial charge in [0.25, 0.3) is 5.91 Å². The Morgan fingerprint density at radius 1 is 1.00 bits per heavy atom. The van der Waals surface area contributed by atoms with Gasteiger partial charge in [0.15, 0.2) is 6.61 Å². The molecule has 2 amide bonds. The van der Waals surface area contributed by atoms with Gasteiger partial charge in [-0.1, -0.05) is 67.8 Å². The number of aromatic carboxylic acids is 1. The summed E-state index contributed by atoms with van der Waals surface area (Å²) < 4.78 is 5.59. The third kappa shape index (κ3) is 5.91. The molecule has 1 aliphatic heterocycles. The van der Waals surface area contributed by atoms with E-state index in [1.807, 2.05) is 54.6 Å². The van der Waals surface area contributed by atoms with E-state index in [9.17, 15) is 19.5 Å². The number of anilines is 1. The molecular formula is C30H32N2O5S. The lowest BCUT2D eigenvalue weighted by Crippen LogP contribution is -2.56. The molecular weight excluding hydrogens is 500 g/mol. The number of benzene rings is 2. The Balaban J connectivity index is 1.38. The van der Waals surface area contributed by atoms with Crippen molar-refractivity contribution in [2.24, 2.45) is 5.92 Å². The Kier molecular flexibility index (Phi) is 8.08. The van der Waals surface area contributed by atoms with Crippen molar-refractivity contribution in [3.05, 3.63) is 71.6 Å². The molecule has 5 rings (SSSR count). The van der Waals surface area contributed by atoms with Crippen molar-refractivity contribution in [1.82, 2.24) is 5.32 Å². The van der Waals surface area contributed by atoms with Gasteiger partial charge in [0.1, 0.15) is 10.6 Å². The Morgan fingerprint density at radius 3 is 2.37 bits per heavy atom. The van der Waals surface area contributed by atoms with Gasteiger partial charge in [0.2, 0.25) is 5.91 Å². The molecule has 38 heavy (non-hydrogen) atoms. The molecule has 2 aromatic carbocycles. The summed E-state index contributed by atoms with van der Waals surface area (Å²) in [5.74, 6) is -0.580. The standard InChI is InChI=1S/C30H32N2O5S/c33-27(19-37-23-14-8-3-9-15-23)31-22-16-24(20-10-4-1-5-11-20)32(28(34)17-22)25-18-26(38-29(25)30(35)36)21-12-6-2-7-13-21/h2-3,6-9,12-15,18,20,22,24H,1,4-5,10-11,16-17,19H2,(H,31,33)(H,35,36)/t22-,24-/m1/s1. The molecule has 3 aromatic rings. The number of thiophene rings is 1. The van der Waals surface area contributed by atoms with Crippen molar-refractivity contribution in [1.29, 1.82) is 0 Å². The van der Waals surface area contributed by atoms with Crippen LogP contribution in [0.1, 0.15) is 54.6 Å². The number of amides is 2. The number of ether oxygens (including phenoxy) is 1. The molecule has 2 aliphatic rings. The summed E-state index contributed by atoms with van der Waals surface area (Å²) in [5.41, 5.74) is 1.40. The monoisotopic (exact) mass is 532 g/mol. The van der Waals surface area contributed by atoms with Gasteiger partial charge in [0.05, 0.1) is 5.69 Å². The lowest BCUT2D eigenvalue weighted by Gasteiger charge is -2.44. The minimum Gasteiger partial charge on any atom is -0.484 e. The molecule has 0 unspecified atom stereocenters. The summed E-state index contributed by atoms with van der Waals surface area (Å²) in [4.78, 5) is 41.4. The molecule has 1 aliphatic carbocycles. The molecule has 0 bridgehead atoms. The van der Waals surface area contributed by atoms with E-state index in [1.165, 1.54) is 17.8 Å². The fourth-order valence-electron chi connectivity index (χ4n) is 5.71. The Hall–Kier alpha value is -3.65. The summed E-state index contributed by atoms with van der Waals surface area (Å²) >= 11 is 1.20. The molecule has 1 saturated carbocycles. The lowest BCUT2D eigenvalue weighted by molar-refractivity contribution is -0.125. The molecule has 0 spiro atoms. The lowest BCUT2D eigenvalue weighted by atomic mass is 9.78. The average Bonchev–Trinajstić information content (AvgIpc) is 3.39. The van der Waals surface area contributed by atoms with E-state index in [4.69, 9.17) is 4.74 Å². The molecule has 198 valence electrons. The van der Waals surface area contributed by atoms with Crippen LogP contribution in [0.5, 0.6) is 5.75 Å². The zero-order chi connectivity index (χ0) is 26.5. The number of carboxylic acid groups (broad SMARTS) is 1. The van der Waals surface area contributed by atoms with Crippen molar-refractivity contribution in [2.75, 3.05) is 11.5 Å². The van der Waals surface area contributed by atoms with Crippen LogP contribution in [0.15, 0.2) is 66.7 Å². The zero-order valence-electron chi connectivity index (χ0n) is 21.2. The fraction of sp³-hybridized carbons (Fsp3) is 0.367. The summed E-state index contributed by atoms with van der Waals surface area (Å²) in [6.45, 7) is -0.124. The number of nitrogens with zero attached hydrogens (tertiary/aromatic N) is 1. The first-order valence-corrected chi connectivity index (χ1v) is 14.0. The third-order valence-corrected chi connectivity index (χ3v) is 8.61. The smallest absolute Gasteiger partial charge is 0.348 e. The van der Waals surface area contributed by atoms with Crippen molar-refractivity contribution in [3.63, 3.8) is 0 Å². The van der Waals surface area contributed by atoms with Crippen molar-refractivity contribution < 1.29 is 24.2 Å². The highest BCUT2D eigenvalue weighted by atomic mass is 32.1. The average molecular weight is 533 g/mol. The van der Waals surface area contributed by atoms with E-state index >= 15 is 0 Å². The second-order valence-corrected chi connectivity index (χ2v) is 11.1. The van der Waals surface area contributed by atoms with Gasteiger partial charge < -0.3 is 20.1 Å². The van der Waals surface area contributed by atoms with Crippen molar-refractivity contribution in [2.45, 2.75) is 57.0 Å². The summed E-state index contributed by atoms with van der Waals surface area (Å²) in [6.07, 6.45) is 6.05. The van der Waals surface area contributed by atoms with Crippen LogP contribution < -0.4 is 15.0 Å². The second kappa shape index (κ2) is 11.8. The van der Waals surface area contributed by atoms with Crippen LogP contribution in [0.4, 0.5) is 5.69 Å². The van der Waals surface area contributed by atoms with Gasteiger partial charge in [-0.2, -0.15) is 0 Å². The number of carbonyl (C=O) groups excluding carboxylic acids is 2. The molecule has 1 aromatic heterocycles. The number of hydrogen-bond donors (Lipinski definition) is 2. The third-order valence-electron chi connectivity index (χ3n) is 7.44. The van der Waals surface area contributed by atoms with Gasteiger partial charge in [-0.25, -0.2) is 4.79 Å². The SMILES string of the molecule is O=C(COc1ccccc1)N[C@H]1CC(=O)N(c2cc(-c3ccccc3)sc2C(=O)O)[C@@H](C2CCCCC2)C1. The van der Waals surface area contributed by atoms with Gasteiger partial charge >= 0.3 is 5.97 Å². The quantitative estimate of drug-likeness (QED) is 0.385. The van der Waals surface area contributed by atoms with E-state index in [2.05, 4.69) is 5.32 Å². The van der Waals surface area contributed by atoms with Crippen LogP contribution in [-0.4, -0.2) is 41.6 Å². The van der Waals surface area contributed by atoms with Crippen molar-refractivity contribution in [3.8, 4) is 16.2 Å². The van der Waals surface area contributed by atoms with E-state index in [0.717, 1.165) is 36.1 Å². The normalized spacial score (nSPS) is 20.2. The van der Waals surface area contributed by atoms with Crippen molar-refractivity contribution >= 4 is 34.8 Å². The first kappa shape index (κ1) is 26.0. The maximum atomic E-state index is 13.7. The van der Waals surface area contributed by atoms with Crippen LogP contribution in [0.2, 0.25) is 0 Å². The highest BCUT2D eigenvalue weighted by molar-refractivity contribution is 7.18. The molecule has 2 fully saturated rings. The van der Waals surface area contributed by atoms with Gasteiger partial charge in [-0.05, 0) is 48.9 Å². The van der Waals surface area contributed by atoms with Crippen LogP contribution in [0, 0.1) is 5.92 Å². The van der Waals surface area contributed by atoms with E-state index in [1.54, 1.807) is 17.0 Å². The predicted octanol–water partition coefficient (Wildman–Crippen LogP) is 5.75. The van der Waals surface area contributed by atoms with E-state index in [-0.39, 0.29) is 47.7 Å².